The molecule has 2 heterocycles. The van der Waals surface area contributed by atoms with Crippen molar-refractivity contribution >= 4 is 64.7 Å². The summed E-state index contributed by atoms with van der Waals surface area (Å²) < 4.78 is 5.36. The minimum atomic E-state index is -0.917. The number of nitrogens with zero attached hydrogens (tertiary/aromatic N) is 3. The molecule has 2 aromatic carbocycles. The number of carbonyl (C=O) groups excluding carboxylic acids is 6. The number of primary amides is 1. The van der Waals surface area contributed by atoms with Crippen molar-refractivity contribution in [3.05, 3.63) is 88.8 Å². The van der Waals surface area contributed by atoms with Crippen LogP contribution >= 0.6 is 0 Å². The standard InChI is InChI=1S/C43H57N11O7/c1-5-16-54(17-6-2)41(58)31-19-29-11-12-30(20-35(29)52-36(44)21-31)38(55)51-33-18-28(22-47-24-33)23-49-43(60)61-25-27-9-13-32(14-10-27)50-39(56)34(8-7-15-48-42(46)59)53-40(57)37(45)26(3)4/h9-14,18-20,22,24,26,34,37H,5-8,15-17,21,23,25,45H2,1-4H3,(H2,44,52)(H,49,60)(H,50,56)(H,51,55)(H,53,57)(H3,46,48,59)/t34-,37-/m0/s1. The number of benzene rings is 2. The summed E-state index contributed by atoms with van der Waals surface area (Å²) in [6, 6.07) is 10.9. The fourth-order valence-corrected chi connectivity index (χ4v) is 6.23. The maximum absolute atomic E-state index is 13.3. The number of aliphatic imine (C=N–C) groups is 1. The van der Waals surface area contributed by atoms with Gasteiger partial charge in [0.15, 0.2) is 0 Å². The van der Waals surface area contributed by atoms with Gasteiger partial charge >= 0.3 is 12.1 Å². The van der Waals surface area contributed by atoms with Gasteiger partial charge in [-0.15, -0.1) is 0 Å². The van der Waals surface area contributed by atoms with Gasteiger partial charge in [0.1, 0.15) is 18.5 Å². The molecule has 1 aliphatic rings. The predicted molar refractivity (Wildman–Crippen MR) is 233 cm³/mol. The molecule has 1 aliphatic heterocycles. The second kappa shape index (κ2) is 23.1. The summed E-state index contributed by atoms with van der Waals surface area (Å²) in [5, 5.41) is 13.4. The van der Waals surface area contributed by atoms with Gasteiger partial charge in [0.05, 0.1) is 23.6 Å². The van der Waals surface area contributed by atoms with Gasteiger partial charge in [-0.1, -0.05) is 45.9 Å². The molecule has 11 N–H and O–H groups in total. The number of fused-ring (bicyclic) bond motifs is 1. The Balaban J connectivity index is 1.28. The lowest BCUT2D eigenvalue weighted by Crippen LogP contribution is -2.51. The normalized spacial score (nSPS) is 13.0. The van der Waals surface area contributed by atoms with E-state index in [-0.39, 0.29) is 50.2 Å². The molecule has 2 atom stereocenters. The monoisotopic (exact) mass is 839 g/mol. The van der Waals surface area contributed by atoms with Crippen molar-refractivity contribution in [1.82, 2.24) is 25.8 Å². The zero-order chi connectivity index (χ0) is 44.5. The fourth-order valence-electron chi connectivity index (χ4n) is 6.23. The van der Waals surface area contributed by atoms with Crippen molar-refractivity contribution < 1.29 is 33.5 Å². The second-order valence-corrected chi connectivity index (χ2v) is 14.9. The molecule has 1 aromatic heterocycles. The first kappa shape index (κ1) is 46.9. The van der Waals surface area contributed by atoms with Crippen LogP contribution in [0, 0.1) is 5.92 Å². The van der Waals surface area contributed by atoms with Crippen molar-refractivity contribution in [3.63, 3.8) is 0 Å². The number of nitrogens with one attached hydrogen (secondary N) is 5. The lowest BCUT2D eigenvalue weighted by molar-refractivity contribution is -0.128. The first-order valence-electron chi connectivity index (χ1n) is 20.3. The molecule has 4 rings (SSSR count). The third-order valence-corrected chi connectivity index (χ3v) is 9.51. The molecule has 7 amide bonds. The summed E-state index contributed by atoms with van der Waals surface area (Å²) in [5.74, 6) is -1.29. The molecule has 18 heteroatoms. The van der Waals surface area contributed by atoms with Crippen molar-refractivity contribution in [2.24, 2.45) is 28.1 Å². The Labute approximate surface area is 355 Å². The summed E-state index contributed by atoms with van der Waals surface area (Å²) in [5.41, 5.74) is 21.4. The Morgan fingerprint density at radius 3 is 2.26 bits per heavy atom. The van der Waals surface area contributed by atoms with E-state index >= 15 is 0 Å². The number of carbonyl (C=O) groups is 6. The highest BCUT2D eigenvalue weighted by Crippen LogP contribution is 2.29. The van der Waals surface area contributed by atoms with Gasteiger partial charge in [-0.25, -0.2) is 14.6 Å². The van der Waals surface area contributed by atoms with Crippen molar-refractivity contribution in [2.75, 3.05) is 30.3 Å². The number of amidine groups is 1. The minimum Gasteiger partial charge on any atom is -0.445 e. The lowest BCUT2D eigenvalue weighted by Gasteiger charge is -2.22. The highest BCUT2D eigenvalue weighted by molar-refractivity contribution is 6.08. The van der Waals surface area contributed by atoms with E-state index in [2.05, 4.69) is 36.6 Å². The molecule has 326 valence electrons. The number of hydrogen-bond donors (Lipinski definition) is 8. The Bertz CT molecular complexity index is 2100. The van der Waals surface area contributed by atoms with Gasteiger partial charge in [-0.05, 0) is 79.1 Å². The number of rotatable bonds is 20. The first-order chi connectivity index (χ1) is 29.2. The van der Waals surface area contributed by atoms with Crippen LogP contribution in [0.3, 0.4) is 0 Å². The molecule has 0 spiro atoms. The number of ether oxygens (including phenoxy) is 1. The van der Waals surface area contributed by atoms with E-state index in [9.17, 15) is 28.8 Å². The van der Waals surface area contributed by atoms with E-state index in [1.54, 1.807) is 74.7 Å². The lowest BCUT2D eigenvalue weighted by atomic mass is 10.0. The maximum Gasteiger partial charge on any atom is 0.407 e. The van der Waals surface area contributed by atoms with Gasteiger partial charge in [0.25, 0.3) is 5.91 Å². The minimum absolute atomic E-state index is 0.0624. The van der Waals surface area contributed by atoms with E-state index in [0.29, 0.717) is 64.4 Å². The van der Waals surface area contributed by atoms with Gasteiger partial charge in [-0.2, -0.15) is 0 Å². The number of aromatic nitrogens is 1. The fraction of sp³-hybridized carbons (Fsp3) is 0.395. The van der Waals surface area contributed by atoms with Gasteiger partial charge in [0.2, 0.25) is 17.7 Å². The van der Waals surface area contributed by atoms with Gasteiger partial charge in [-0.3, -0.25) is 24.2 Å². The molecular weight excluding hydrogens is 783 g/mol. The van der Waals surface area contributed by atoms with E-state index < -0.39 is 41.9 Å². The van der Waals surface area contributed by atoms with Crippen LogP contribution in [-0.2, 0) is 32.3 Å². The van der Waals surface area contributed by atoms with Crippen molar-refractivity contribution in [2.45, 2.75) is 85.0 Å². The average molecular weight is 840 g/mol. The molecular formula is C43H57N11O7. The summed E-state index contributed by atoms with van der Waals surface area (Å²) in [6.07, 6.45) is 6.61. The molecule has 0 aliphatic carbocycles. The number of urea groups is 1. The molecule has 0 unspecified atom stereocenters. The molecule has 0 bridgehead atoms. The van der Waals surface area contributed by atoms with E-state index in [0.717, 1.165) is 12.8 Å². The van der Waals surface area contributed by atoms with Crippen LogP contribution in [0.1, 0.15) is 86.8 Å². The van der Waals surface area contributed by atoms with Crippen LogP contribution in [0.4, 0.5) is 26.7 Å². The van der Waals surface area contributed by atoms with E-state index in [1.165, 1.54) is 6.20 Å². The Hall–Kier alpha value is -6.82. The summed E-state index contributed by atoms with van der Waals surface area (Å²) >= 11 is 0. The van der Waals surface area contributed by atoms with Crippen LogP contribution < -0.4 is 43.8 Å². The zero-order valence-corrected chi connectivity index (χ0v) is 35.1. The Morgan fingerprint density at radius 2 is 1.59 bits per heavy atom. The highest BCUT2D eigenvalue weighted by Gasteiger charge is 2.26. The molecule has 0 radical (unpaired) electrons. The molecule has 3 aromatic rings. The van der Waals surface area contributed by atoms with Crippen LogP contribution in [0.5, 0.6) is 0 Å². The van der Waals surface area contributed by atoms with E-state index in [1.807, 2.05) is 18.7 Å². The number of hydrogen-bond acceptors (Lipinski definition) is 11. The number of alkyl carbamates (subject to hydrolysis) is 1. The topological polar surface area (TPSA) is 278 Å². The molecule has 0 saturated heterocycles. The van der Waals surface area contributed by atoms with Gasteiger partial charge in [0, 0.05) is 61.2 Å². The van der Waals surface area contributed by atoms with Gasteiger partial charge < -0.3 is 53.4 Å². The highest BCUT2D eigenvalue weighted by atomic mass is 16.5. The average Bonchev–Trinajstić information content (AvgIpc) is 3.40. The van der Waals surface area contributed by atoms with Crippen LogP contribution in [0.25, 0.3) is 6.08 Å². The third kappa shape index (κ3) is 14.8. The number of nitrogens with two attached hydrogens (primary N) is 3. The number of amides is 7. The summed E-state index contributed by atoms with van der Waals surface area (Å²) in [4.78, 5) is 86.5. The molecule has 0 fully saturated rings. The quantitative estimate of drug-likeness (QED) is 0.0756. The van der Waals surface area contributed by atoms with Crippen LogP contribution in [0.2, 0.25) is 0 Å². The molecule has 0 saturated carbocycles. The molecule has 18 nitrogen and oxygen atoms in total. The molecule has 61 heavy (non-hydrogen) atoms. The maximum atomic E-state index is 13.3. The number of anilines is 2. The summed E-state index contributed by atoms with van der Waals surface area (Å²) in [6.45, 7) is 9.17. The smallest absolute Gasteiger partial charge is 0.407 e. The first-order valence-corrected chi connectivity index (χ1v) is 20.3. The largest absolute Gasteiger partial charge is 0.445 e. The SMILES string of the molecule is CCCN(CCC)C(=O)C1=Cc2ccc(C(=O)Nc3cncc(CNC(=O)OCc4ccc(NC(=O)[C@H](CCCNC(N)=O)NC(=O)[C@@H](N)C(C)C)cc4)c3)cc2N=C(N)C1. The van der Waals surface area contributed by atoms with Crippen molar-refractivity contribution in [3.8, 4) is 0 Å². The van der Waals surface area contributed by atoms with Crippen LogP contribution in [-0.4, -0.2) is 83.2 Å². The second-order valence-electron chi connectivity index (χ2n) is 14.9. The van der Waals surface area contributed by atoms with Crippen molar-refractivity contribution in [1.29, 1.82) is 0 Å². The van der Waals surface area contributed by atoms with E-state index in [4.69, 9.17) is 21.9 Å². The Morgan fingerprint density at radius 1 is 0.869 bits per heavy atom. The summed E-state index contributed by atoms with van der Waals surface area (Å²) in [7, 11) is 0. The predicted octanol–water partition coefficient (Wildman–Crippen LogP) is 4.04. The third-order valence-electron chi connectivity index (χ3n) is 9.51. The zero-order valence-electron chi connectivity index (χ0n) is 35.1. The van der Waals surface area contributed by atoms with Crippen LogP contribution in [0.15, 0.2) is 71.5 Å². The number of pyridine rings is 1. The Kier molecular flexibility index (Phi) is 17.7.